The molecule has 7 heterocycles. The minimum Gasteiger partial charge on any atom is -0.648 e. The van der Waals surface area contributed by atoms with E-state index in [9.17, 15) is 24.9 Å². The Balaban J connectivity index is 1.30. The Hall–Kier alpha value is -4.87. The Morgan fingerprint density at radius 2 is 1.89 bits per heavy atom. The molecule has 56 heavy (non-hydrogen) atoms. The number of aromatic hydroxyl groups is 2. The number of carbonyl (C=O) groups excluding carboxylic acids is 2. The van der Waals surface area contributed by atoms with Gasteiger partial charge in [-0.3, -0.25) is 10.2 Å². The Labute approximate surface area is 326 Å². The monoisotopic (exact) mass is 788 g/mol. The summed E-state index contributed by atoms with van der Waals surface area (Å²) < 4.78 is 41.1. The first-order valence-corrected chi connectivity index (χ1v) is 19.5. The van der Waals surface area contributed by atoms with Gasteiger partial charge < -0.3 is 53.8 Å². The predicted octanol–water partition coefficient (Wildman–Crippen LogP) is 4.63. The Morgan fingerprint density at radius 1 is 1.09 bits per heavy atom. The third-order valence-corrected chi connectivity index (χ3v) is 13.4. The van der Waals surface area contributed by atoms with Crippen LogP contribution in [-0.4, -0.2) is 97.2 Å². The summed E-state index contributed by atoms with van der Waals surface area (Å²) in [6.07, 6.45) is 0.209. The van der Waals surface area contributed by atoms with Crippen LogP contribution in [0.1, 0.15) is 61.8 Å². The first-order chi connectivity index (χ1) is 27.0. The molecule has 0 aliphatic carbocycles. The number of aliphatic hydroxyl groups is 1. The number of fused-ring (bicyclic) bond motifs is 9. The number of hydrogen-bond donors (Lipinski definition) is 4. The summed E-state index contributed by atoms with van der Waals surface area (Å²) in [5, 5.41) is 43.0. The van der Waals surface area contributed by atoms with Crippen LogP contribution in [0.25, 0.3) is 5.32 Å². The molecule has 3 aromatic carbocycles. The summed E-state index contributed by atoms with van der Waals surface area (Å²) >= 11 is 1.39. The van der Waals surface area contributed by atoms with E-state index in [0.717, 1.165) is 16.7 Å². The maximum atomic E-state index is 14.7. The number of phenolic OH excluding ortho intramolecular Hbond substituents is 2. The summed E-state index contributed by atoms with van der Waals surface area (Å²) in [6.45, 7) is 7.23. The molecular formula is C40H42N3O12S-. The van der Waals surface area contributed by atoms with Crippen LogP contribution in [0.2, 0.25) is 0 Å². The van der Waals surface area contributed by atoms with Crippen LogP contribution in [0.5, 0.6) is 40.2 Å². The Morgan fingerprint density at radius 3 is 2.66 bits per heavy atom. The van der Waals surface area contributed by atoms with Gasteiger partial charge in [0.2, 0.25) is 6.79 Å². The van der Waals surface area contributed by atoms with Crippen molar-refractivity contribution in [2.24, 2.45) is 0 Å². The zero-order valence-corrected chi connectivity index (χ0v) is 32.1. The quantitative estimate of drug-likeness (QED) is 0.159. The van der Waals surface area contributed by atoms with Gasteiger partial charge in [0.15, 0.2) is 40.0 Å². The summed E-state index contributed by atoms with van der Waals surface area (Å²) in [7, 11) is 2.95. The summed E-state index contributed by atoms with van der Waals surface area (Å²) in [6, 6.07) is 2.40. The molecule has 10 rings (SSSR count). The smallest absolute Gasteiger partial charge is 0.514 e. The van der Waals surface area contributed by atoms with E-state index < -0.39 is 53.3 Å². The van der Waals surface area contributed by atoms with Crippen molar-refractivity contribution in [3.8, 4) is 40.2 Å². The lowest BCUT2D eigenvalue weighted by Crippen LogP contribution is -2.64. The van der Waals surface area contributed by atoms with E-state index in [-0.39, 0.29) is 48.8 Å². The molecule has 0 aromatic heterocycles. The van der Waals surface area contributed by atoms with Gasteiger partial charge in [0.25, 0.3) is 0 Å². The topological polar surface area (TPSA) is 189 Å². The van der Waals surface area contributed by atoms with Crippen molar-refractivity contribution in [3.05, 3.63) is 80.7 Å². The average Bonchev–Trinajstić information content (AvgIpc) is 3.68. The van der Waals surface area contributed by atoms with Gasteiger partial charge in [-0.25, -0.2) is 9.59 Å². The molecule has 0 amide bonds. The van der Waals surface area contributed by atoms with Gasteiger partial charge >= 0.3 is 12.1 Å². The van der Waals surface area contributed by atoms with Crippen LogP contribution in [0.3, 0.4) is 0 Å². The second-order valence-corrected chi connectivity index (χ2v) is 15.9. The summed E-state index contributed by atoms with van der Waals surface area (Å²) in [5.41, 5.74) is 3.72. The second-order valence-electron chi connectivity index (χ2n) is 14.8. The molecule has 3 aromatic rings. The standard InChI is InChI=1S/C40H42N3O12S/c1-6-9-51-39(48)55-33-18(3)34-35(54-16-53-34)27-23-14-52-38(47)40(21-13-25(49-4)24(44)12-19(21)7-8-41-40)15-56-36(28(27)33)30-29-26-20(10-17(2)32(50-5)31(26)45)11-22(42-29)37(46)43(23)30/h6,10,12-13,22-23,29-30,36-37,41,44-46H,1,7-9,11,14-16H2,2-5H3/q-1/t22-,23-,29+,30?,36+,37-,40+/m0/s1. The van der Waals surface area contributed by atoms with Crippen molar-refractivity contribution in [1.82, 2.24) is 10.2 Å². The molecule has 7 aliphatic heterocycles. The number of hydrogen-bond acceptors (Lipinski definition) is 15. The average molecular weight is 789 g/mol. The predicted molar refractivity (Wildman–Crippen MR) is 201 cm³/mol. The van der Waals surface area contributed by atoms with Crippen LogP contribution in [0.4, 0.5) is 4.79 Å². The molecule has 15 nitrogen and oxygen atoms in total. The molecule has 1 spiro atoms. The first-order valence-electron chi connectivity index (χ1n) is 18.4. The normalized spacial score (nSPS) is 28.3. The summed E-state index contributed by atoms with van der Waals surface area (Å²) in [4.78, 5) is 29.9. The van der Waals surface area contributed by atoms with Gasteiger partial charge in [0.05, 0.1) is 26.5 Å². The van der Waals surface area contributed by atoms with Crippen molar-refractivity contribution >= 4 is 23.9 Å². The van der Waals surface area contributed by atoms with Crippen molar-refractivity contribution < 1.29 is 58.1 Å². The highest BCUT2D eigenvalue weighted by Gasteiger charge is 2.57. The van der Waals surface area contributed by atoms with Crippen LogP contribution in [-0.2, 0) is 32.6 Å². The lowest BCUT2D eigenvalue weighted by atomic mass is 9.74. The fourth-order valence-corrected chi connectivity index (χ4v) is 11.3. The number of nitrogens with zero attached hydrogens (tertiary/aromatic N) is 2. The van der Waals surface area contributed by atoms with Crippen molar-refractivity contribution in [3.63, 3.8) is 0 Å². The summed E-state index contributed by atoms with van der Waals surface area (Å²) in [5.74, 6) is 0.930. The molecule has 16 heteroatoms. The van der Waals surface area contributed by atoms with Crippen LogP contribution < -0.4 is 29.0 Å². The van der Waals surface area contributed by atoms with E-state index in [4.69, 9.17) is 38.5 Å². The van der Waals surface area contributed by atoms with Gasteiger partial charge in [-0.15, -0.1) is 11.8 Å². The largest absolute Gasteiger partial charge is 0.648 e. The van der Waals surface area contributed by atoms with Crippen molar-refractivity contribution in [2.75, 3.05) is 46.5 Å². The van der Waals surface area contributed by atoms with E-state index in [1.165, 1.54) is 32.1 Å². The number of thioether (sulfide) groups is 1. The maximum absolute atomic E-state index is 14.7. The molecule has 0 radical (unpaired) electrons. The fourth-order valence-electron chi connectivity index (χ4n) is 9.58. The van der Waals surface area contributed by atoms with Gasteiger partial charge in [-0.1, -0.05) is 30.8 Å². The molecule has 2 saturated heterocycles. The zero-order valence-electron chi connectivity index (χ0n) is 31.2. The van der Waals surface area contributed by atoms with E-state index >= 15 is 0 Å². The molecular weight excluding hydrogens is 747 g/mol. The van der Waals surface area contributed by atoms with E-state index in [1.54, 1.807) is 19.1 Å². The molecule has 7 atom stereocenters. The number of ether oxygens (including phenoxy) is 7. The van der Waals surface area contributed by atoms with Crippen molar-refractivity contribution in [2.45, 2.75) is 67.9 Å². The maximum Gasteiger partial charge on any atom is 0.514 e. The van der Waals surface area contributed by atoms with E-state index in [1.807, 2.05) is 17.9 Å². The number of methoxy groups -OCH3 is 2. The van der Waals surface area contributed by atoms with Crippen LogP contribution in [0.15, 0.2) is 30.9 Å². The highest BCUT2D eigenvalue weighted by molar-refractivity contribution is 7.99. The highest BCUT2D eigenvalue weighted by Crippen LogP contribution is 2.65. The number of aryl methyl sites for hydroxylation is 1. The number of aliphatic hydroxyl groups excluding tert-OH is 1. The fraction of sp³-hybridized carbons (Fsp3) is 0.450. The highest BCUT2D eigenvalue weighted by atomic mass is 32.2. The molecule has 1 unspecified atom stereocenters. The number of rotatable bonds is 5. The van der Waals surface area contributed by atoms with Crippen LogP contribution in [0, 0.1) is 13.8 Å². The lowest BCUT2D eigenvalue weighted by Gasteiger charge is -2.65. The number of piperazine rings is 1. The number of carbonyl (C=O) groups is 2. The number of benzene rings is 3. The Kier molecular flexibility index (Phi) is 8.96. The molecule has 7 aliphatic rings. The molecule has 4 bridgehead atoms. The third-order valence-electron chi connectivity index (χ3n) is 11.9. The minimum atomic E-state index is -1.41. The number of nitrogens with one attached hydrogen (secondary N) is 1. The number of phenols is 2. The minimum absolute atomic E-state index is 0.0340. The molecule has 0 saturated carbocycles. The third kappa shape index (κ3) is 5.26. The molecule has 4 N–H and O–H groups in total. The van der Waals surface area contributed by atoms with E-state index in [2.05, 4.69) is 11.9 Å². The SMILES string of the molecule is C=CCOC(=O)Oc1c(C)c2c(c3c1[C@H]1SC[C@]4(NCCc5cc(O)c(OC)cc54)C(=O)OC[C@@H]3N3C1[C@@H]1[N-][C@@H](Cc4cc(C)c(OC)c(O)c41)[C@@H]3O)OCO2. The van der Waals surface area contributed by atoms with Gasteiger partial charge in [0.1, 0.15) is 19.0 Å². The van der Waals surface area contributed by atoms with Gasteiger partial charge in [0, 0.05) is 40.3 Å². The van der Waals surface area contributed by atoms with E-state index in [0.29, 0.717) is 64.5 Å². The first kappa shape index (κ1) is 36.7. The second kappa shape index (κ2) is 13.7. The molecule has 296 valence electrons. The van der Waals surface area contributed by atoms with Gasteiger partial charge in [-0.05, 0) is 66.6 Å². The Bertz CT molecular complexity index is 2180. The van der Waals surface area contributed by atoms with Gasteiger partial charge in [-0.2, -0.15) is 0 Å². The number of esters is 1. The van der Waals surface area contributed by atoms with Crippen molar-refractivity contribution in [1.29, 1.82) is 0 Å². The lowest BCUT2D eigenvalue weighted by molar-refractivity contribution is -0.160. The zero-order chi connectivity index (χ0) is 39.2. The van der Waals surface area contributed by atoms with Crippen LogP contribution >= 0.6 is 11.8 Å². The molecule has 2 fully saturated rings.